The highest BCUT2D eigenvalue weighted by Crippen LogP contribution is 2.31. The molecule has 0 amide bonds. The second-order valence-electron chi connectivity index (χ2n) is 1.76. The van der Waals surface area contributed by atoms with Crippen LogP contribution in [-0.4, -0.2) is 6.26 Å². The highest BCUT2D eigenvalue weighted by Gasteiger charge is 2.00. The van der Waals surface area contributed by atoms with Gasteiger partial charge in [-0.3, -0.25) is 0 Å². The Labute approximate surface area is 84.2 Å². The van der Waals surface area contributed by atoms with E-state index in [1.165, 1.54) is 0 Å². The van der Waals surface area contributed by atoms with Crippen LogP contribution in [0.4, 0.5) is 0 Å². The molecule has 62 valence electrons. The van der Waals surface area contributed by atoms with Crippen molar-refractivity contribution < 1.29 is 0 Å². The minimum absolute atomic E-state index is 0. The molecule has 0 saturated heterocycles. The lowest BCUT2D eigenvalue weighted by Gasteiger charge is -2.00. The Bertz CT molecular complexity index is 242. The number of rotatable bonds is 1. The molecule has 0 unspecified atom stereocenters. The molecule has 11 heavy (non-hydrogen) atoms. The van der Waals surface area contributed by atoms with E-state index in [1.807, 2.05) is 24.5 Å². The van der Waals surface area contributed by atoms with Crippen LogP contribution in [0.15, 0.2) is 27.6 Å². The van der Waals surface area contributed by atoms with Gasteiger partial charge < -0.3 is 6.15 Å². The van der Waals surface area contributed by atoms with Crippen molar-refractivity contribution >= 4 is 39.3 Å². The van der Waals surface area contributed by atoms with Crippen LogP contribution >= 0.6 is 39.3 Å². The van der Waals surface area contributed by atoms with Crippen molar-refractivity contribution in [2.75, 3.05) is 6.26 Å². The molecule has 0 aliphatic rings. The summed E-state index contributed by atoms with van der Waals surface area (Å²) in [7, 11) is 0. The average molecular weight is 255 g/mol. The zero-order valence-electron chi connectivity index (χ0n) is 6.10. The van der Waals surface area contributed by atoms with Crippen LogP contribution in [0.25, 0.3) is 0 Å². The van der Waals surface area contributed by atoms with Gasteiger partial charge in [-0.25, -0.2) is 0 Å². The van der Waals surface area contributed by atoms with Gasteiger partial charge in [0.25, 0.3) is 0 Å². The van der Waals surface area contributed by atoms with Gasteiger partial charge in [0.1, 0.15) is 0 Å². The third kappa shape index (κ3) is 2.67. The largest absolute Gasteiger partial charge is 0.344 e. The van der Waals surface area contributed by atoms with E-state index >= 15 is 0 Å². The summed E-state index contributed by atoms with van der Waals surface area (Å²) in [6, 6.07) is 5.90. The fraction of sp³-hybridized carbons (Fsp3) is 0.143. The molecule has 0 atom stereocenters. The fourth-order valence-electron chi connectivity index (χ4n) is 0.642. The minimum atomic E-state index is 0. The van der Waals surface area contributed by atoms with Crippen LogP contribution in [0.5, 0.6) is 0 Å². The third-order valence-electron chi connectivity index (χ3n) is 1.14. The van der Waals surface area contributed by atoms with Gasteiger partial charge in [0.05, 0.1) is 5.02 Å². The maximum Gasteiger partial charge on any atom is 0.0683 e. The molecule has 0 aliphatic heterocycles. The zero-order valence-corrected chi connectivity index (χ0v) is 9.26. The Hall–Kier alpha value is 0.300. The maximum atomic E-state index is 5.93. The van der Waals surface area contributed by atoms with Crippen molar-refractivity contribution in [1.29, 1.82) is 0 Å². The lowest BCUT2D eigenvalue weighted by Crippen LogP contribution is -1.72. The molecule has 0 bridgehead atoms. The molecule has 1 rings (SSSR count). The van der Waals surface area contributed by atoms with Crippen LogP contribution in [0, 0.1) is 0 Å². The average Bonchev–Trinajstić information content (AvgIpc) is 1.95. The first-order valence-electron chi connectivity index (χ1n) is 2.73. The Morgan fingerprint density at radius 3 is 2.55 bits per heavy atom. The summed E-state index contributed by atoms with van der Waals surface area (Å²) < 4.78 is 0.959. The lowest BCUT2D eigenvalue weighted by atomic mass is 10.4. The summed E-state index contributed by atoms with van der Waals surface area (Å²) in [4.78, 5) is 1.11. The Morgan fingerprint density at radius 1 is 1.45 bits per heavy atom. The molecule has 3 N–H and O–H groups in total. The first kappa shape index (κ1) is 11.3. The van der Waals surface area contributed by atoms with Gasteiger partial charge in [-0.05, 0) is 34.3 Å². The van der Waals surface area contributed by atoms with Crippen molar-refractivity contribution in [3.05, 3.63) is 27.7 Å². The minimum Gasteiger partial charge on any atom is -0.344 e. The van der Waals surface area contributed by atoms with Gasteiger partial charge in [-0.1, -0.05) is 17.7 Å². The van der Waals surface area contributed by atoms with Crippen molar-refractivity contribution in [2.45, 2.75) is 4.90 Å². The molecule has 1 aromatic carbocycles. The first-order valence-corrected chi connectivity index (χ1v) is 5.13. The van der Waals surface area contributed by atoms with Gasteiger partial charge in [-0.15, -0.1) is 11.8 Å². The molecular formula is C7H9BrClNS. The second kappa shape index (κ2) is 5.04. The van der Waals surface area contributed by atoms with Gasteiger partial charge in [0, 0.05) is 9.37 Å². The molecule has 4 heteroatoms. The monoisotopic (exact) mass is 253 g/mol. The van der Waals surface area contributed by atoms with Gasteiger partial charge in [0.2, 0.25) is 0 Å². The highest BCUT2D eigenvalue weighted by molar-refractivity contribution is 9.10. The lowest BCUT2D eigenvalue weighted by molar-refractivity contribution is 1.44. The normalized spacial score (nSPS) is 9.00. The number of hydrogen-bond acceptors (Lipinski definition) is 2. The zero-order chi connectivity index (χ0) is 7.56. The number of thioether (sulfide) groups is 1. The van der Waals surface area contributed by atoms with E-state index < -0.39 is 0 Å². The van der Waals surface area contributed by atoms with Crippen molar-refractivity contribution in [3.8, 4) is 0 Å². The standard InChI is InChI=1S/C7H6BrClS.H3N/c1-10-6-4-2-3-5(8)7(6)9;/h2-4H,1H3;1H3. The van der Waals surface area contributed by atoms with E-state index in [1.54, 1.807) is 11.8 Å². The number of hydrogen-bond donors (Lipinski definition) is 1. The molecular weight excluding hydrogens is 246 g/mol. The summed E-state index contributed by atoms with van der Waals surface area (Å²) in [5.74, 6) is 0. The Morgan fingerprint density at radius 2 is 2.09 bits per heavy atom. The second-order valence-corrected chi connectivity index (χ2v) is 3.84. The van der Waals surface area contributed by atoms with Gasteiger partial charge >= 0.3 is 0 Å². The Balaban J connectivity index is 0.000001000. The van der Waals surface area contributed by atoms with Crippen molar-refractivity contribution in [3.63, 3.8) is 0 Å². The smallest absolute Gasteiger partial charge is 0.0683 e. The van der Waals surface area contributed by atoms with Crippen molar-refractivity contribution in [1.82, 2.24) is 6.15 Å². The number of halogens is 2. The molecule has 0 aliphatic carbocycles. The van der Waals surface area contributed by atoms with Crippen molar-refractivity contribution in [2.24, 2.45) is 0 Å². The van der Waals surface area contributed by atoms with Crippen LogP contribution in [0.1, 0.15) is 0 Å². The SMILES string of the molecule is CSc1cccc(Br)c1Cl.N. The molecule has 0 heterocycles. The van der Waals surface area contributed by atoms with E-state index in [9.17, 15) is 0 Å². The van der Waals surface area contributed by atoms with Crippen LogP contribution in [-0.2, 0) is 0 Å². The summed E-state index contributed by atoms with van der Waals surface area (Å²) in [5, 5.41) is 0.801. The van der Waals surface area contributed by atoms with E-state index in [-0.39, 0.29) is 6.15 Å². The molecule has 1 nitrogen and oxygen atoms in total. The molecule has 0 radical (unpaired) electrons. The van der Waals surface area contributed by atoms with Crippen LogP contribution in [0.3, 0.4) is 0 Å². The topological polar surface area (TPSA) is 35.0 Å². The summed E-state index contributed by atoms with van der Waals surface area (Å²) in [6.45, 7) is 0. The van der Waals surface area contributed by atoms with E-state index in [0.29, 0.717) is 0 Å². The molecule has 0 spiro atoms. The molecule has 0 aromatic heterocycles. The highest BCUT2D eigenvalue weighted by atomic mass is 79.9. The Kier molecular flexibility index (Phi) is 5.17. The summed E-state index contributed by atoms with van der Waals surface area (Å²) in [6.07, 6.45) is 2.01. The third-order valence-corrected chi connectivity index (χ3v) is 3.32. The van der Waals surface area contributed by atoms with E-state index in [0.717, 1.165) is 14.4 Å². The van der Waals surface area contributed by atoms with E-state index in [2.05, 4.69) is 15.9 Å². The molecule has 0 fully saturated rings. The quantitative estimate of drug-likeness (QED) is 0.769. The predicted octanol–water partition coefficient (Wildman–Crippen LogP) is 3.99. The van der Waals surface area contributed by atoms with Gasteiger partial charge in [-0.2, -0.15) is 0 Å². The molecule has 0 saturated carbocycles. The summed E-state index contributed by atoms with van der Waals surface area (Å²) in [5.41, 5.74) is 0. The van der Waals surface area contributed by atoms with E-state index in [4.69, 9.17) is 11.6 Å². The fourth-order valence-corrected chi connectivity index (χ4v) is 2.00. The number of benzene rings is 1. The van der Waals surface area contributed by atoms with Crippen LogP contribution < -0.4 is 6.15 Å². The first-order chi connectivity index (χ1) is 4.75. The maximum absolute atomic E-state index is 5.93. The van der Waals surface area contributed by atoms with Crippen LogP contribution in [0.2, 0.25) is 5.02 Å². The van der Waals surface area contributed by atoms with Gasteiger partial charge in [0.15, 0.2) is 0 Å². The molecule has 1 aromatic rings. The predicted molar refractivity (Wildman–Crippen MR) is 56.0 cm³/mol. The summed E-state index contributed by atoms with van der Waals surface area (Å²) >= 11 is 10.9.